The van der Waals surface area contributed by atoms with E-state index in [-0.39, 0.29) is 23.3 Å². The van der Waals surface area contributed by atoms with E-state index >= 15 is 0 Å². The molecule has 16 heavy (non-hydrogen) atoms. The fourth-order valence-corrected chi connectivity index (χ4v) is 1.91. The molecule has 4 heteroatoms. The molecule has 1 heterocycles. The van der Waals surface area contributed by atoms with Crippen LogP contribution in [0.25, 0.3) is 0 Å². The highest BCUT2D eigenvalue weighted by atomic mass is 16.2. The van der Waals surface area contributed by atoms with Crippen molar-refractivity contribution in [2.75, 3.05) is 13.1 Å². The van der Waals surface area contributed by atoms with E-state index < -0.39 is 0 Å². The van der Waals surface area contributed by atoms with Crippen molar-refractivity contribution in [2.45, 2.75) is 46.1 Å². The Morgan fingerprint density at radius 2 is 2.12 bits per heavy atom. The molecule has 1 aliphatic rings. The van der Waals surface area contributed by atoms with Gasteiger partial charge < -0.3 is 10.2 Å². The maximum absolute atomic E-state index is 11.9. The summed E-state index contributed by atoms with van der Waals surface area (Å²) in [6.07, 6.45) is 1.31. The van der Waals surface area contributed by atoms with Crippen LogP contribution in [0.4, 0.5) is 0 Å². The highest BCUT2D eigenvalue weighted by Gasteiger charge is 2.34. The second-order valence-electron chi connectivity index (χ2n) is 5.48. The number of hydrogen-bond acceptors (Lipinski definition) is 2. The molecule has 0 aromatic heterocycles. The predicted octanol–water partition coefficient (Wildman–Crippen LogP) is 1.16. The SMILES string of the molecule is CCCN1C[C@@H](C(=O)NC(C)(C)C)CC1=O. The van der Waals surface area contributed by atoms with Crippen LogP contribution < -0.4 is 5.32 Å². The molecule has 1 N–H and O–H groups in total. The average Bonchev–Trinajstić information content (AvgIpc) is 2.46. The zero-order valence-electron chi connectivity index (χ0n) is 10.7. The molecule has 1 rings (SSSR count). The molecule has 1 aliphatic heterocycles. The maximum atomic E-state index is 11.9. The molecule has 1 saturated heterocycles. The summed E-state index contributed by atoms with van der Waals surface area (Å²) in [6.45, 7) is 9.23. The highest BCUT2D eigenvalue weighted by molar-refractivity contribution is 5.89. The zero-order valence-corrected chi connectivity index (χ0v) is 10.7. The van der Waals surface area contributed by atoms with Gasteiger partial charge in [-0.3, -0.25) is 9.59 Å². The Labute approximate surface area is 97.4 Å². The average molecular weight is 226 g/mol. The quantitative estimate of drug-likeness (QED) is 0.785. The summed E-state index contributed by atoms with van der Waals surface area (Å²) < 4.78 is 0. The molecule has 0 unspecified atom stereocenters. The van der Waals surface area contributed by atoms with Crippen molar-refractivity contribution < 1.29 is 9.59 Å². The van der Waals surface area contributed by atoms with E-state index in [0.29, 0.717) is 13.0 Å². The van der Waals surface area contributed by atoms with Gasteiger partial charge in [-0.25, -0.2) is 0 Å². The number of likely N-dealkylation sites (tertiary alicyclic amines) is 1. The first kappa shape index (κ1) is 13.0. The van der Waals surface area contributed by atoms with Gasteiger partial charge in [-0.1, -0.05) is 6.92 Å². The van der Waals surface area contributed by atoms with Gasteiger partial charge in [0.1, 0.15) is 0 Å². The van der Waals surface area contributed by atoms with E-state index in [1.165, 1.54) is 0 Å². The summed E-state index contributed by atoms with van der Waals surface area (Å²) in [5.74, 6) is -0.0614. The van der Waals surface area contributed by atoms with Crippen LogP contribution in [0.5, 0.6) is 0 Å². The lowest BCUT2D eigenvalue weighted by Gasteiger charge is -2.23. The summed E-state index contributed by atoms with van der Waals surface area (Å²) in [6, 6.07) is 0. The molecule has 0 aromatic rings. The lowest BCUT2D eigenvalue weighted by molar-refractivity contribution is -0.129. The van der Waals surface area contributed by atoms with Gasteiger partial charge >= 0.3 is 0 Å². The second-order valence-corrected chi connectivity index (χ2v) is 5.48. The molecular formula is C12H22N2O2. The Kier molecular flexibility index (Phi) is 3.94. The molecule has 0 radical (unpaired) electrons. The Morgan fingerprint density at radius 1 is 1.50 bits per heavy atom. The van der Waals surface area contributed by atoms with Crippen LogP contribution in [-0.2, 0) is 9.59 Å². The topological polar surface area (TPSA) is 49.4 Å². The van der Waals surface area contributed by atoms with Crippen molar-refractivity contribution in [3.63, 3.8) is 0 Å². The van der Waals surface area contributed by atoms with Crippen LogP contribution in [0, 0.1) is 5.92 Å². The van der Waals surface area contributed by atoms with Crippen molar-refractivity contribution in [1.82, 2.24) is 10.2 Å². The van der Waals surface area contributed by atoms with Gasteiger partial charge in [-0.15, -0.1) is 0 Å². The number of carbonyl (C=O) groups excluding carboxylic acids is 2. The van der Waals surface area contributed by atoms with Gasteiger partial charge in [-0.2, -0.15) is 0 Å². The summed E-state index contributed by atoms with van der Waals surface area (Å²) in [7, 11) is 0. The molecular weight excluding hydrogens is 204 g/mol. The summed E-state index contributed by atoms with van der Waals surface area (Å²) in [4.78, 5) is 25.2. The van der Waals surface area contributed by atoms with E-state index in [4.69, 9.17) is 0 Å². The van der Waals surface area contributed by atoms with Crippen molar-refractivity contribution in [2.24, 2.45) is 5.92 Å². The third kappa shape index (κ3) is 3.51. The van der Waals surface area contributed by atoms with Gasteiger partial charge in [0, 0.05) is 25.0 Å². The minimum atomic E-state index is -0.224. The molecule has 2 amide bonds. The maximum Gasteiger partial charge on any atom is 0.225 e. The minimum absolute atomic E-state index is 0.000506. The Balaban J connectivity index is 2.52. The van der Waals surface area contributed by atoms with Gasteiger partial charge in [0.25, 0.3) is 0 Å². The molecule has 0 aliphatic carbocycles. The van der Waals surface area contributed by atoms with E-state index in [0.717, 1.165) is 13.0 Å². The molecule has 4 nitrogen and oxygen atoms in total. The number of rotatable bonds is 3. The fraction of sp³-hybridized carbons (Fsp3) is 0.833. The molecule has 92 valence electrons. The Bertz CT molecular complexity index is 281. The van der Waals surface area contributed by atoms with Gasteiger partial charge in [0.15, 0.2) is 0 Å². The smallest absolute Gasteiger partial charge is 0.225 e. The van der Waals surface area contributed by atoms with E-state index in [1.807, 2.05) is 27.7 Å². The third-order valence-electron chi connectivity index (χ3n) is 2.58. The Hall–Kier alpha value is -1.06. The van der Waals surface area contributed by atoms with Crippen molar-refractivity contribution in [1.29, 1.82) is 0 Å². The van der Waals surface area contributed by atoms with Gasteiger partial charge in [-0.05, 0) is 27.2 Å². The van der Waals surface area contributed by atoms with Crippen LogP contribution in [0.1, 0.15) is 40.5 Å². The molecule has 1 atom stereocenters. The van der Waals surface area contributed by atoms with Gasteiger partial charge in [0.05, 0.1) is 5.92 Å². The van der Waals surface area contributed by atoms with Crippen molar-refractivity contribution in [3.05, 3.63) is 0 Å². The summed E-state index contributed by atoms with van der Waals surface area (Å²) >= 11 is 0. The predicted molar refractivity (Wildman–Crippen MR) is 62.9 cm³/mol. The van der Waals surface area contributed by atoms with Crippen LogP contribution in [-0.4, -0.2) is 35.3 Å². The van der Waals surface area contributed by atoms with Crippen molar-refractivity contribution in [3.8, 4) is 0 Å². The van der Waals surface area contributed by atoms with E-state index in [1.54, 1.807) is 4.90 Å². The zero-order chi connectivity index (χ0) is 12.3. The van der Waals surface area contributed by atoms with Crippen LogP contribution in [0.2, 0.25) is 0 Å². The van der Waals surface area contributed by atoms with Crippen LogP contribution >= 0.6 is 0 Å². The lowest BCUT2D eigenvalue weighted by Crippen LogP contribution is -2.44. The monoisotopic (exact) mass is 226 g/mol. The first-order chi connectivity index (χ1) is 7.33. The van der Waals surface area contributed by atoms with Crippen LogP contribution in [0.3, 0.4) is 0 Å². The standard InChI is InChI=1S/C12H22N2O2/c1-5-6-14-8-9(7-10(14)15)11(16)13-12(2,3)4/h9H,5-8H2,1-4H3,(H,13,16)/t9-/m0/s1. The lowest BCUT2D eigenvalue weighted by atomic mass is 10.0. The molecule has 1 fully saturated rings. The summed E-state index contributed by atoms with van der Waals surface area (Å²) in [5.41, 5.74) is -0.224. The number of carbonyl (C=O) groups is 2. The molecule has 0 aromatic carbocycles. The molecule has 0 bridgehead atoms. The van der Waals surface area contributed by atoms with E-state index in [9.17, 15) is 9.59 Å². The number of nitrogens with one attached hydrogen (secondary N) is 1. The number of nitrogens with zero attached hydrogens (tertiary/aromatic N) is 1. The first-order valence-electron chi connectivity index (χ1n) is 5.93. The third-order valence-corrected chi connectivity index (χ3v) is 2.58. The van der Waals surface area contributed by atoms with E-state index in [2.05, 4.69) is 5.32 Å². The highest BCUT2D eigenvalue weighted by Crippen LogP contribution is 2.19. The minimum Gasteiger partial charge on any atom is -0.351 e. The normalized spacial score (nSPS) is 21.4. The van der Waals surface area contributed by atoms with Gasteiger partial charge in [0.2, 0.25) is 11.8 Å². The Morgan fingerprint density at radius 3 is 2.62 bits per heavy atom. The first-order valence-corrected chi connectivity index (χ1v) is 5.93. The number of amides is 2. The molecule has 0 saturated carbocycles. The number of hydrogen-bond donors (Lipinski definition) is 1. The summed E-state index contributed by atoms with van der Waals surface area (Å²) in [5, 5.41) is 2.93. The van der Waals surface area contributed by atoms with Crippen molar-refractivity contribution >= 4 is 11.8 Å². The second kappa shape index (κ2) is 4.85. The van der Waals surface area contributed by atoms with Crippen LogP contribution in [0.15, 0.2) is 0 Å². The largest absolute Gasteiger partial charge is 0.351 e. The molecule has 0 spiro atoms. The fourth-order valence-electron chi connectivity index (χ4n) is 1.91.